The van der Waals surface area contributed by atoms with Gasteiger partial charge in [-0.15, -0.1) is 0 Å². The highest BCUT2D eigenvalue weighted by Crippen LogP contribution is 2.30. The van der Waals surface area contributed by atoms with E-state index in [0.29, 0.717) is 6.07 Å². The Morgan fingerprint density at radius 2 is 1.87 bits per heavy atom. The minimum atomic E-state index is -4.70. The Balaban J connectivity index is 1.88. The topological polar surface area (TPSA) is 103 Å². The number of anilines is 1. The third-order valence-electron chi connectivity index (χ3n) is 4.06. The molecule has 0 fully saturated rings. The molecule has 0 bridgehead atoms. The summed E-state index contributed by atoms with van der Waals surface area (Å²) in [5.74, 6) is -1.52. The van der Waals surface area contributed by atoms with Crippen molar-refractivity contribution in [3.63, 3.8) is 0 Å². The summed E-state index contributed by atoms with van der Waals surface area (Å²) < 4.78 is 53.5. The van der Waals surface area contributed by atoms with E-state index in [2.05, 4.69) is 15.4 Å². The predicted molar refractivity (Wildman–Crippen MR) is 99.3 cm³/mol. The maximum atomic E-state index is 14.0. The molecule has 3 rings (SSSR count). The molecule has 0 saturated carbocycles. The number of carbonyl (C=O) groups is 1. The van der Waals surface area contributed by atoms with Crippen molar-refractivity contribution in [2.24, 2.45) is 0 Å². The first kappa shape index (κ1) is 21.0. The molecule has 0 spiro atoms. The number of carbonyl (C=O) groups excluding carboxylic acids is 1. The predicted octanol–water partition coefficient (Wildman–Crippen LogP) is 2.86. The van der Waals surface area contributed by atoms with Gasteiger partial charge < -0.3 is 11.1 Å². The van der Waals surface area contributed by atoms with Crippen molar-refractivity contribution >= 4 is 11.6 Å². The second kappa shape index (κ2) is 7.93. The van der Waals surface area contributed by atoms with Crippen molar-refractivity contribution < 1.29 is 22.4 Å². The van der Waals surface area contributed by atoms with Crippen LogP contribution in [0.2, 0.25) is 0 Å². The van der Waals surface area contributed by atoms with E-state index in [9.17, 15) is 27.2 Å². The fraction of sp³-hybridized carbons (Fsp3) is 0.158. The maximum Gasteiger partial charge on any atom is 0.433 e. The number of amides is 1. The number of hydrogen-bond donors (Lipinski definition) is 2. The molecule has 2 heterocycles. The van der Waals surface area contributed by atoms with E-state index in [1.807, 2.05) is 0 Å². The minimum absolute atomic E-state index is 0.113. The monoisotopic (exact) mass is 421 g/mol. The first-order valence-electron chi connectivity index (χ1n) is 8.57. The Morgan fingerprint density at radius 1 is 1.17 bits per heavy atom. The number of nitrogens with one attached hydrogen (secondary N) is 1. The SMILES string of the molecule is C[C@H](NC(=O)c1ccc(=O)n(-c2ccccc2F)n1)c1cc(N)cc(C(F)(F)F)n1. The number of benzene rings is 1. The number of halogens is 4. The van der Waals surface area contributed by atoms with Crippen LogP contribution in [0.4, 0.5) is 23.2 Å². The second-order valence-electron chi connectivity index (χ2n) is 6.32. The molecule has 0 aliphatic rings. The number of alkyl halides is 3. The zero-order chi connectivity index (χ0) is 22.1. The van der Waals surface area contributed by atoms with Gasteiger partial charge in [-0.25, -0.2) is 9.37 Å². The van der Waals surface area contributed by atoms with Crippen LogP contribution in [-0.4, -0.2) is 20.7 Å². The third-order valence-corrected chi connectivity index (χ3v) is 4.06. The fourth-order valence-electron chi connectivity index (χ4n) is 2.61. The highest BCUT2D eigenvalue weighted by molar-refractivity contribution is 5.92. The van der Waals surface area contributed by atoms with E-state index < -0.39 is 35.2 Å². The van der Waals surface area contributed by atoms with Gasteiger partial charge in [-0.2, -0.15) is 23.0 Å². The molecule has 0 unspecified atom stereocenters. The summed E-state index contributed by atoms with van der Waals surface area (Å²) in [6.45, 7) is 1.41. The van der Waals surface area contributed by atoms with Crippen LogP contribution < -0.4 is 16.6 Å². The van der Waals surface area contributed by atoms with Gasteiger partial charge in [0, 0.05) is 11.8 Å². The van der Waals surface area contributed by atoms with Crippen molar-refractivity contribution in [2.75, 3.05) is 5.73 Å². The summed E-state index contributed by atoms with van der Waals surface area (Å²) in [4.78, 5) is 28.0. The van der Waals surface area contributed by atoms with Gasteiger partial charge in [-0.1, -0.05) is 12.1 Å². The molecule has 0 saturated heterocycles. The van der Waals surface area contributed by atoms with Gasteiger partial charge in [0.2, 0.25) is 0 Å². The normalized spacial score (nSPS) is 12.4. The third kappa shape index (κ3) is 4.45. The summed E-state index contributed by atoms with van der Waals surface area (Å²) in [5.41, 5.74) is 2.97. The molecule has 7 nitrogen and oxygen atoms in total. The number of aromatic nitrogens is 3. The molecule has 0 aliphatic carbocycles. The van der Waals surface area contributed by atoms with E-state index >= 15 is 0 Å². The molecule has 2 aromatic heterocycles. The second-order valence-corrected chi connectivity index (χ2v) is 6.32. The molecule has 30 heavy (non-hydrogen) atoms. The zero-order valence-electron chi connectivity index (χ0n) is 15.4. The Kier molecular flexibility index (Phi) is 5.54. The Labute approximate surface area is 167 Å². The lowest BCUT2D eigenvalue weighted by Crippen LogP contribution is -2.31. The van der Waals surface area contributed by atoms with Gasteiger partial charge in [-0.3, -0.25) is 9.59 Å². The molecule has 1 aromatic carbocycles. The molecule has 3 aromatic rings. The van der Waals surface area contributed by atoms with Crippen LogP contribution in [0.15, 0.2) is 53.3 Å². The summed E-state index contributed by atoms with van der Waals surface area (Å²) in [7, 11) is 0. The summed E-state index contributed by atoms with van der Waals surface area (Å²) in [6.07, 6.45) is -4.70. The average molecular weight is 421 g/mol. The van der Waals surface area contributed by atoms with Crippen molar-refractivity contribution in [3.05, 3.63) is 81.8 Å². The molecular weight excluding hydrogens is 406 g/mol. The van der Waals surface area contributed by atoms with Gasteiger partial charge in [-0.05, 0) is 37.3 Å². The summed E-state index contributed by atoms with van der Waals surface area (Å²) >= 11 is 0. The highest BCUT2D eigenvalue weighted by atomic mass is 19.4. The number of nitrogens with zero attached hydrogens (tertiary/aromatic N) is 3. The van der Waals surface area contributed by atoms with E-state index in [1.165, 1.54) is 31.2 Å². The molecular formula is C19H15F4N5O2. The lowest BCUT2D eigenvalue weighted by Gasteiger charge is -2.16. The van der Waals surface area contributed by atoms with Crippen LogP contribution in [0.3, 0.4) is 0 Å². The van der Waals surface area contributed by atoms with Gasteiger partial charge >= 0.3 is 6.18 Å². The van der Waals surface area contributed by atoms with Crippen molar-refractivity contribution in [2.45, 2.75) is 19.1 Å². The average Bonchev–Trinajstić information content (AvgIpc) is 2.67. The van der Waals surface area contributed by atoms with Crippen molar-refractivity contribution in [1.29, 1.82) is 0 Å². The van der Waals surface area contributed by atoms with E-state index in [4.69, 9.17) is 5.73 Å². The van der Waals surface area contributed by atoms with Crippen LogP contribution in [0.25, 0.3) is 5.69 Å². The summed E-state index contributed by atoms with van der Waals surface area (Å²) in [6, 6.07) is 8.43. The van der Waals surface area contributed by atoms with Crippen molar-refractivity contribution in [3.8, 4) is 5.69 Å². The zero-order valence-corrected chi connectivity index (χ0v) is 15.4. The fourth-order valence-corrected chi connectivity index (χ4v) is 2.61. The highest BCUT2D eigenvalue weighted by Gasteiger charge is 2.33. The molecule has 156 valence electrons. The maximum absolute atomic E-state index is 14.0. The molecule has 1 amide bonds. The minimum Gasteiger partial charge on any atom is -0.399 e. The number of nitrogen functional groups attached to an aromatic ring is 1. The Morgan fingerprint density at radius 3 is 2.53 bits per heavy atom. The molecule has 0 aliphatic heterocycles. The Hall–Kier alpha value is -3.76. The van der Waals surface area contributed by atoms with Crippen molar-refractivity contribution in [1.82, 2.24) is 20.1 Å². The lowest BCUT2D eigenvalue weighted by atomic mass is 10.1. The molecule has 1 atom stereocenters. The first-order chi connectivity index (χ1) is 14.1. The number of pyridine rings is 1. The van der Waals surface area contributed by atoms with Crippen LogP contribution in [-0.2, 0) is 6.18 Å². The largest absolute Gasteiger partial charge is 0.433 e. The Bertz CT molecular complexity index is 1160. The number of rotatable bonds is 4. The standard InChI is InChI=1S/C19H15F4N5O2/c1-10(14-8-11(24)9-16(26-14)19(21,22)23)25-18(30)13-6-7-17(29)28(27-13)15-5-3-2-4-12(15)20/h2-10H,1H3,(H2,24,26)(H,25,30)/t10-/m0/s1. The van der Waals surface area contributed by atoms with Crippen LogP contribution in [0.1, 0.15) is 34.8 Å². The molecule has 0 radical (unpaired) electrons. The summed E-state index contributed by atoms with van der Waals surface area (Å²) in [5, 5.41) is 6.29. The van der Waals surface area contributed by atoms with Gasteiger partial charge in [0.25, 0.3) is 11.5 Å². The van der Waals surface area contributed by atoms with Crippen LogP contribution in [0, 0.1) is 5.82 Å². The van der Waals surface area contributed by atoms with E-state index in [0.717, 1.165) is 22.9 Å². The lowest BCUT2D eigenvalue weighted by molar-refractivity contribution is -0.141. The van der Waals surface area contributed by atoms with Crippen LogP contribution in [0.5, 0.6) is 0 Å². The quantitative estimate of drug-likeness (QED) is 0.631. The van der Waals surface area contributed by atoms with E-state index in [1.54, 1.807) is 0 Å². The van der Waals surface area contributed by atoms with Gasteiger partial charge in [0.15, 0.2) is 0 Å². The molecule has 11 heteroatoms. The van der Waals surface area contributed by atoms with Crippen LogP contribution >= 0.6 is 0 Å². The number of para-hydroxylation sites is 1. The van der Waals surface area contributed by atoms with E-state index in [-0.39, 0.29) is 22.8 Å². The number of hydrogen-bond acceptors (Lipinski definition) is 5. The number of nitrogens with two attached hydrogens (primary N) is 1. The van der Waals surface area contributed by atoms with Gasteiger partial charge in [0.05, 0.1) is 11.7 Å². The first-order valence-corrected chi connectivity index (χ1v) is 8.57. The smallest absolute Gasteiger partial charge is 0.399 e. The molecule has 3 N–H and O–H groups in total. The van der Waals surface area contributed by atoms with Gasteiger partial charge in [0.1, 0.15) is 22.9 Å².